The second-order valence-electron chi connectivity index (χ2n) is 6.67. The first kappa shape index (κ1) is 23.3. The summed E-state index contributed by atoms with van der Waals surface area (Å²) in [5.74, 6) is 0.567. The van der Waals surface area contributed by atoms with E-state index in [1.807, 2.05) is 6.92 Å². The fraction of sp³-hybridized carbons (Fsp3) is 0.182. The maximum Gasteiger partial charge on any atom is 0.329 e. The molecule has 3 amide bonds. The van der Waals surface area contributed by atoms with E-state index in [1.165, 1.54) is 18.2 Å². The van der Waals surface area contributed by atoms with Crippen LogP contribution >= 0.6 is 22.6 Å². The highest BCUT2D eigenvalue weighted by Crippen LogP contribution is 2.35. The molecule has 0 spiro atoms. The van der Waals surface area contributed by atoms with Crippen LogP contribution in [0.15, 0.2) is 54.8 Å². The Hall–Kier alpha value is -3.41. The minimum absolute atomic E-state index is 0.0101. The average Bonchev–Trinajstić information content (AvgIpc) is 3.01. The molecule has 0 aromatic heterocycles. The molecule has 1 saturated heterocycles. The molecule has 1 heterocycles. The quantitative estimate of drug-likeness (QED) is 0.125. The van der Waals surface area contributed by atoms with Crippen molar-refractivity contribution >= 4 is 46.3 Å². The van der Waals surface area contributed by atoms with E-state index in [2.05, 4.69) is 34.5 Å². The van der Waals surface area contributed by atoms with Gasteiger partial charge in [0.2, 0.25) is 0 Å². The van der Waals surface area contributed by atoms with Crippen LogP contribution < -0.4 is 14.8 Å². The number of ether oxygens (including phenoxy) is 2. The first-order valence-corrected chi connectivity index (χ1v) is 10.7. The standard InChI is InChI=1S/C22H20IN3O6/c1-3-9-25-21(27)18(24-22(25)28)11-15-10-17(23)20(19(12-15)31-4-2)32-13-14-5-7-16(8-6-14)26(29)30/h3,5-8,10-12H,1,4,9,13H2,2H3,(H,24,28)/b18-11+. The normalized spacial score (nSPS) is 14.4. The fourth-order valence-electron chi connectivity index (χ4n) is 2.98. The number of hydrogen-bond acceptors (Lipinski definition) is 6. The summed E-state index contributed by atoms with van der Waals surface area (Å²) in [6, 6.07) is 9.14. The minimum atomic E-state index is -0.496. The van der Waals surface area contributed by atoms with Gasteiger partial charge in [-0.15, -0.1) is 6.58 Å². The molecule has 0 unspecified atom stereocenters. The van der Waals surface area contributed by atoms with Gasteiger partial charge in [-0.2, -0.15) is 0 Å². The number of rotatable bonds is 9. The van der Waals surface area contributed by atoms with Gasteiger partial charge in [0.15, 0.2) is 11.5 Å². The van der Waals surface area contributed by atoms with Gasteiger partial charge in [-0.25, -0.2) is 4.79 Å². The van der Waals surface area contributed by atoms with Crippen molar-refractivity contribution in [2.45, 2.75) is 13.5 Å². The van der Waals surface area contributed by atoms with E-state index in [0.29, 0.717) is 23.7 Å². The van der Waals surface area contributed by atoms with Gasteiger partial charge in [0, 0.05) is 18.7 Å². The number of carbonyl (C=O) groups excluding carboxylic acids is 2. The Morgan fingerprint density at radius 3 is 2.56 bits per heavy atom. The van der Waals surface area contributed by atoms with E-state index in [1.54, 1.807) is 30.3 Å². The largest absolute Gasteiger partial charge is 0.490 e. The summed E-state index contributed by atoms with van der Waals surface area (Å²) in [5, 5.41) is 13.4. The Balaban J connectivity index is 1.83. The second kappa shape index (κ2) is 10.3. The molecule has 2 aromatic rings. The number of nitro benzene ring substituents is 1. The number of hydrogen-bond donors (Lipinski definition) is 1. The van der Waals surface area contributed by atoms with Gasteiger partial charge in [-0.3, -0.25) is 19.8 Å². The van der Waals surface area contributed by atoms with E-state index >= 15 is 0 Å². The van der Waals surface area contributed by atoms with Gasteiger partial charge >= 0.3 is 6.03 Å². The third-order valence-electron chi connectivity index (χ3n) is 4.45. The Bertz CT molecular complexity index is 1100. The molecule has 9 nitrogen and oxygen atoms in total. The Morgan fingerprint density at radius 1 is 1.22 bits per heavy atom. The van der Waals surface area contributed by atoms with Crippen molar-refractivity contribution in [3.05, 3.63) is 79.6 Å². The Kier molecular flexibility index (Phi) is 7.46. The SMILES string of the molecule is C=CCN1C(=O)N/C(=C/c2cc(I)c(OCc3ccc([N+](=O)[O-])cc3)c(OCC)c2)C1=O. The van der Waals surface area contributed by atoms with Crippen LogP contribution in [-0.4, -0.2) is 34.9 Å². The van der Waals surface area contributed by atoms with Gasteiger partial charge in [0.1, 0.15) is 12.3 Å². The number of amides is 3. The van der Waals surface area contributed by atoms with Crippen molar-refractivity contribution in [3.8, 4) is 11.5 Å². The van der Waals surface area contributed by atoms with E-state index < -0.39 is 16.9 Å². The summed E-state index contributed by atoms with van der Waals surface area (Å²) in [5.41, 5.74) is 1.59. The van der Waals surface area contributed by atoms with Gasteiger partial charge in [-0.05, 0) is 71.0 Å². The van der Waals surface area contributed by atoms with E-state index in [4.69, 9.17) is 9.47 Å². The van der Waals surface area contributed by atoms with Crippen molar-refractivity contribution in [1.29, 1.82) is 0 Å². The number of nitro groups is 1. The highest BCUT2D eigenvalue weighted by molar-refractivity contribution is 14.1. The van der Waals surface area contributed by atoms with Crippen LogP contribution in [0.25, 0.3) is 6.08 Å². The van der Waals surface area contributed by atoms with Crippen LogP contribution in [-0.2, 0) is 11.4 Å². The Morgan fingerprint density at radius 2 is 1.94 bits per heavy atom. The summed E-state index contributed by atoms with van der Waals surface area (Å²) < 4.78 is 12.4. The third kappa shape index (κ3) is 5.25. The lowest BCUT2D eigenvalue weighted by molar-refractivity contribution is -0.384. The third-order valence-corrected chi connectivity index (χ3v) is 5.25. The fourth-order valence-corrected chi connectivity index (χ4v) is 3.76. The summed E-state index contributed by atoms with van der Waals surface area (Å²) in [6.45, 7) is 6.11. The molecule has 166 valence electrons. The van der Waals surface area contributed by atoms with Crippen LogP contribution in [0, 0.1) is 13.7 Å². The van der Waals surface area contributed by atoms with E-state index in [-0.39, 0.29) is 24.5 Å². The topological polar surface area (TPSA) is 111 Å². The van der Waals surface area contributed by atoms with Crippen molar-refractivity contribution in [2.75, 3.05) is 13.2 Å². The molecule has 3 rings (SSSR count). The van der Waals surface area contributed by atoms with Crippen LogP contribution in [0.2, 0.25) is 0 Å². The minimum Gasteiger partial charge on any atom is -0.490 e. The molecule has 1 N–H and O–H groups in total. The molecule has 0 saturated carbocycles. The zero-order valence-electron chi connectivity index (χ0n) is 17.2. The molecule has 1 aliphatic heterocycles. The number of imide groups is 1. The van der Waals surface area contributed by atoms with E-state index in [9.17, 15) is 19.7 Å². The predicted octanol–water partition coefficient (Wildman–Crippen LogP) is 4.26. The van der Waals surface area contributed by atoms with Crippen molar-refractivity contribution in [1.82, 2.24) is 10.2 Å². The number of carbonyl (C=O) groups is 2. The van der Waals surface area contributed by atoms with Gasteiger partial charge < -0.3 is 14.8 Å². The predicted molar refractivity (Wildman–Crippen MR) is 126 cm³/mol. The maximum absolute atomic E-state index is 12.4. The van der Waals surface area contributed by atoms with Gasteiger partial charge in [0.25, 0.3) is 11.6 Å². The highest BCUT2D eigenvalue weighted by Gasteiger charge is 2.32. The molecule has 0 aliphatic carbocycles. The summed E-state index contributed by atoms with van der Waals surface area (Å²) in [7, 11) is 0. The molecule has 0 bridgehead atoms. The molecular formula is C22H20IN3O6. The lowest BCUT2D eigenvalue weighted by Gasteiger charge is -2.15. The molecule has 2 aromatic carbocycles. The molecule has 1 fully saturated rings. The smallest absolute Gasteiger partial charge is 0.329 e. The number of urea groups is 1. The summed E-state index contributed by atoms with van der Waals surface area (Å²) >= 11 is 2.10. The second-order valence-corrected chi connectivity index (χ2v) is 7.83. The van der Waals surface area contributed by atoms with Crippen molar-refractivity contribution in [3.63, 3.8) is 0 Å². The molecule has 10 heteroatoms. The first-order chi connectivity index (χ1) is 15.3. The zero-order chi connectivity index (χ0) is 23.3. The summed E-state index contributed by atoms with van der Waals surface area (Å²) in [6.07, 6.45) is 3.06. The van der Waals surface area contributed by atoms with Crippen LogP contribution in [0.5, 0.6) is 11.5 Å². The summed E-state index contributed by atoms with van der Waals surface area (Å²) in [4.78, 5) is 35.8. The lowest BCUT2D eigenvalue weighted by atomic mass is 10.1. The first-order valence-electron chi connectivity index (χ1n) is 9.62. The van der Waals surface area contributed by atoms with Crippen molar-refractivity contribution in [2.24, 2.45) is 0 Å². The molecular weight excluding hydrogens is 529 g/mol. The number of nitrogens with one attached hydrogen (secondary N) is 1. The Labute approximate surface area is 198 Å². The maximum atomic E-state index is 12.4. The zero-order valence-corrected chi connectivity index (χ0v) is 19.3. The number of benzene rings is 2. The van der Waals surface area contributed by atoms with Crippen LogP contribution in [0.3, 0.4) is 0 Å². The highest BCUT2D eigenvalue weighted by atomic mass is 127. The average molecular weight is 549 g/mol. The van der Waals surface area contributed by atoms with Crippen LogP contribution in [0.4, 0.5) is 10.5 Å². The number of halogens is 1. The van der Waals surface area contributed by atoms with Gasteiger partial charge in [-0.1, -0.05) is 6.08 Å². The van der Waals surface area contributed by atoms with Crippen molar-refractivity contribution < 1.29 is 24.0 Å². The monoisotopic (exact) mass is 549 g/mol. The number of non-ortho nitro benzene ring substituents is 1. The molecule has 1 aliphatic rings. The van der Waals surface area contributed by atoms with Gasteiger partial charge in [0.05, 0.1) is 15.1 Å². The van der Waals surface area contributed by atoms with Crippen LogP contribution in [0.1, 0.15) is 18.1 Å². The molecule has 0 radical (unpaired) electrons. The van der Waals surface area contributed by atoms with E-state index in [0.717, 1.165) is 14.0 Å². The molecule has 32 heavy (non-hydrogen) atoms. The molecule has 0 atom stereocenters. The lowest BCUT2D eigenvalue weighted by Crippen LogP contribution is -2.30. The number of nitrogens with zero attached hydrogens (tertiary/aromatic N) is 2.